The molecule has 166 valence electrons. The predicted octanol–water partition coefficient (Wildman–Crippen LogP) is 2.54. The molecule has 0 aliphatic carbocycles. The van der Waals surface area contributed by atoms with Crippen molar-refractivity contribution in [3.05, 3.63) is 23.3 Å². The summed E-state index contributed by atoms with van der Waals surface area (Å²) < 4.78 is 44.0. The van der Waals surface area contributed by atoms with E-state index in [0.29, 0.717) is 22.8 Å². The van der Waals surface area contributed by atoms with Gasteiger partial charge < -0.3 is 14.2 Å². The van der Waals surface area contributed by atoms with E-state index in [1.54, 1.807) is 26.0 Å². The molecule has 2 rings (SSSR count). The number of carbonyl (C=O) groups excluding carboxylic acids is 1. The van der Waals surface area contributed by atoms with E-state index < -0.39 is 15.7 Å². The monoisotopic (exact) mass is 466 g/mol. The molecule has 2 aromatic rings. The minimum atomic E-state index is -3.65. The minimum absolute atomic E-state index is 0.0293. The molecule has 0 spiro atoms. The smallest absolute Gasteiger partial charge is 0.268 e. The van der Waals surface area contributed by atoms with E-state index in [1.165, 1.54) is 27.4 Å². The van der Waals surface area contributed by atoms with Crippen molar-refractivity contribution < 1.29 is 27.4 Å². The van der Waals surface area contributed by atoms with Gasteiger partial charge in [-0.05, 0) is 29.7 Å². The number of hydrogen-bond donors (Lipinski definition) is 1. The van der Waals surface area contributed by atoms with Gasteiger partial charge in [0.25, 0.3) is 11.1 Å². The van der Waals surface area contributed by atoms with Gasteiger partial charge in [-0.2, -0.15) is 14.6 Å². The molecular weight excluding hydrogens is 444 g/mol. The second-order valence-corrected chi connectivity index (χ2v) is 9.32. The fourth-order valence-corrected chi connectivity index (χ4v) is 4.92. The van der Waals surface area contributed by atoms with Crippen molar-refractivity contribution >= 4 is 38.5 Å². The Hall–Kier alpha value is -3.17. The van der Waals surface area contributed by atoms with Crippen LogP contribution in [0.5, 0.6) is 17.2 Å². The highest BCUT2D eigenvalue weighted by atomic mass is 32.2. The van der Waals surface area contributed by atoms with E-state index >= 15 is 0 Å². The molecule has 0 radical (unpaired) electrons. The normalized spacial score (nSPS) is 11.7. The topological polar surface area (TPSA) is 140 Å². The molecule has 0 unspecified atom stereocenters. The largest absolute Gasteiger partial charge is 0.493 e. The Bertz CT molecular complexity index is 1110. The Labute approximate surface area is 184 Å². The number of nitrogens with zero attached hydrogens (tertiary/aromatic N) is 3. The van der Waals surface area contributed by atoms with Gasteiger partial charge in [0, 0.05) is 11.5 Å². The summed E-state index contributed by atoms with van der Waals surface area (Å²) in [6, 6.07) is 4.97. The van der Waals surface area contributed by atoms with Crippen molar-refractivity contribution in [3.63, 3.8) is 0 Å². The Morgan fingerprint density at radius 2 is 1.84 bits per heavy atom. The van der Waals surface area contributed by atoms with Gasteiger partial charge in [-0.15, -0.1) is 0 Å². The van der Waals surface area contributed by atoms with Crippen molar-refractivity contribution in [1.82, 2.24) is 9.36 Å². The first-order valence-electron chi connectivity index (χ1n) is 8.94. The molecule has 0 saturated carbocycles. The summed E-state index contributed by atoms with van der Waals surface area (Å²) in [5, 5.41) is 11.4. The molecule has 0 aliphatic rings. The number of anilines is 1. The number of nitrogens with one attached hydrogen (secondary N) is 1. The highest BCUT2D eigenvalue weighted by Gasteiger charge is 2.23. The van der Waals surface area contributed by atoms with E-state index in [9.17, 15) is 18.5 Å². The molecule has 1 aromatic heterocycles. The highest BCUT2D eigenvalue weighted by molar-refractivity contribution is 7.91. The Kier molecular flexibility index (Phi) is 7.95. The molecule has 0 aliphatic heterocycles. The van der Waals surface area contributed by atoms with Crippen LogP contribution in [0.1, 0.15) is 19.4 Å². The van der Waals surface area contributed by atoms with E-state index in [2.05, 4.69) is 14.7 Å². The first-order valence-corrected chi connectivity index (χ1v) is 11.4. The van der Waals surface area contributed by atoms with Crippen LogP contribution in [0.4, 0.5) is 5.13 Å². The zero-order chi connectivity index (χ0) is 23.2. The molecule has 1 heterocycles. The average molecular weight is 467 g/mol. The summed E-state index contributed by atoms with van der Waals surface area (Å²) in [4.78, 5) is 16.4. The second kappa shape index (κ2) is 10.2. The molecule has 12 heteroatoms. The van der Waals surface area contributed by atoms with Crippen molar-refractivity contribution in [2.24, 2.45) is 5.92 Å². The van der Waals surface area contributed by atoms with Gasteiger partial charge >= 0.3 is 0 Å². The van der Waals surface area contributed by atoms with Crippen LogP contribution in [0, 0.1) is 17.2 Å². The number of nitriles is 1. The lowest BCUT2D eigenvalue weighted by Crippen LogP contribution is -2.15. The van der Waals surface area contributed by atoms with E-state index in [4.69, 9.17) is 14.2 Å². The number of methoxy groups -OCH3 is 3. The summed E-state index contributed by atoms with van der Waals surface area (Å²) in [5.74, 6) is 0.110. The van der Waals surface area contributed by atoms with Gasteiger partial charge in [-0.3, -0.25) is 10.1 Å². The van der Waals surface area contributed by atoms with Gasteiger partial charge in [0.15, 0.2) is 11.5 Å². The fourth-order valence-electron chi connectivity index (χ4n) is 2.56. The van der Waals surface area contributed by atoms with Crippen LogP contribution in [-0.2, 0) is 14.6 Å². The number of amides is 1. The molecule has 1 aromatic carbocycles. The fraction of sp³-hybridized carbons (Fsp3) is 0.368. The zero-order valence-electron chi connectivity index (χ0n) is 17.6. The number of sulfone groups is 1. The maximum Gasteiger partial charge on any atom is 0.268 e. The Balaban J connectivity index is 2.29. The van der Waals surface area contributed by atoms with E-state index in [-0.39, 0.29) is 27.5 Å². The summed E-state index contributed by atoms with van der Waals surface area (Å²) >= 11 is 0.718. The number of hydrogen-bond acceptors (Lipinski definition) is 10. The van der Waals surface area contributed by atoms with Crippen LogP contribution in [0.2, 0.25) is 0 Å². The minimum Gasteiger partial charge on any atom is -0.493 e. The molecular formula is C19H22N4O6S2. The quantitative estimate of drug-likeness (QED) is 0.436. The second-order valence-electron chi connectivity index (χ2n) is 6.64. The predicted molar refractivity (Wildman–Crippen MR) is 115 cm³/mol. The van der Waals surface area contributed by atoms with Gasteiger partial charge in [0.2, 0.25) is 20.7 Å². The maximum atomic E-state index is 12.5. The lowest BCUT2D eigenvalue weighted by atomic mass is 10.1. The molecule has 0 saturated heterocycles. The third kappa shape index (κ3) is 5.93. The number of benzene rings is 1. The standard InChI is InChI=1S/C19H22N4O6S2/c1-11(2)10-31(25,26)19-22-18(30-23-19)21-17(24)13(9-20)6-12-7-14(27-3)16(29-5)15(8-12)28-4/h6-8,11H,10H2,1-5H3,(H,21,22,23,24)/b13-6-. The average Bonchev–Trinajstić information content (AvgIpc) is 3.19. The molecule has 0 fully saturated rings. The molecule has 0 bridgehead atoms. The number of rotatable bonds is 9. The van der Waals surface area contributed by atoms with E-state index in [0.717, 1.165) is 11.5 Å². The molecule has 1 N–H and O–H groups in total. The summed E-state index contributed by atoms with van der Waals surface area (Å²) in [7, 11) is 0.702. The van der Waals surface area contributed by atoms with Gasteiger partial charge in [0.05, 0.1) is 27.1 Å². The molecule has 1 amide bonds. The first-order chi connectivity index (χ1) is 14.6. The number of ether oxygens (including phenoxy) is 3. The van der Waals surface area contributed by atoms with Crippen LogP contribution < -0.4 is 19.5 Å². The third-order valence-electron chi connectivity index (χ3n) is 3.82. The maximum absolute atomic E-state index is 12.5. The van der Waals surface area contributed by atoms with E-state index in [1.807, 2.05) is 6.07 Å². The van der Waals surface area contributed by atoms with Crippen LogP contribution in [0.25, 0.3) is 6.08 Å². The first kappa shape index (κ1) is 24.1. The summed E-state index contributed by atoms with van der Waals surface area (Å²) in [6.07, 6.45) is 1.33. The Morgan fingerprint density at radius 3 is 2.32 bits per heavy atom. The van der Waals surface area contributed by atoms with Gasteiger partial charge in [0.1, 0.15) is 11.6 Å². The molecule has 10 nitrogen and oxygen atoms in total. The van der Waals surface area contributed by atoms with Crippen molar-refractivity contribution in [3.8, 4) is 23.3 Å². The van der Waals surface area contributed by atoms with Crippen molar-refractivity contribution in [2.45, 2.75) is 19.0 Å². The third-order valence-corrected chi connectivity index (χ3v) is 6.41. The summed E-state index contributed by atoms with van der Waals surface area (Å²) in [6.45, 7) is 3.53. The lowest BCUT2D eigenvalue weighted by molar-refractivity contribution is -0.112. The SMILES string of the molecule is COc1cc(/C=C(/C#N)C(=O)Nc2nc(S(=O)(=O)CC(C)C)ns2)cc(OC)c1OC. The van der Waals surface area contributed by atoms with Crippen LogP contribution in [-0.4, -0.2) is 50.8 Å². The summed E-state index contributed by atoms with van der Waals surface area (Å²) in [5.41, 5.74) is 0.217. The van der Waals surface area contributed by atoms with Crippen molar-refractivity contribution in [2.75, 3.05) is 32.4 Å². The van der Waals surface area contributed by atoms with Crippen LogP contribution in [0.15, 0.2) is 22.9 Å². The number of carbonyl (C=O) groups is 1. The Morgan fingerprint density at radius 1 is 1.23 bits per heavy atom. The lowest BCUT2D eigenvalue weighted by Gasteiger charge is -2.13. The number of aromatic nitrogens is 2. The van der Waals surface area contributed by atoms with Crippen molar-refractivity contribution in [1.29, 1.82) is 5.26 Å². The van der Waals surface area contributed by atoms with Crippen LogP contribution in [0.3, 0.4) is 0 Å². The highest BCUT2D eigenvalue weighted by Crippen LogP contribution is 2.38. The van der Waals surface area contributed by atoms with Gasteiger partial charge in [-0.25, -0.2) is 8.42 Å². The molecule has 0 atom stereocenters. The zero-order valence-corrected chi connectivity index (χ0v) is 19.3. The molecule has 31 heavy (non-hydrogen) atoms. The van der Waals surface area contributed by atoms with Gasteiger partial charge in [-0.1, -0.05) is 13.8 Å². The van der Waals surface area contributed by atoms with Crippen LogP contribution >= 0.6 is 11.5 Å².